The number of methoxy groups -OCH3 is 1. The van der Waals surface area contributed by atoms with Crippen molar-refractivity contribution < 1.29 is 37.7 Å². The number of amides is 1. The molecule has 1 atom stereocenters. The number of alkyl halides is 3. The fraction of sp³-hybridized carbons (Fsp3) is 0.278. The van der Waals surface area contributed by atoms with Crippen molar-refractivity contribution in [1.82, 2.24) is 5.32 Å². The van der Waals surface area contributed by atoms with E-state index >= 15 is 0 Å². The molecule has 0 bridgehead atoms. The molecule has 0 saturated carbocycles. The van der Waals surface area contributed by atoms with E-state index in [0.717, 1.165) is 24.3 Å². The summed E-state index contributed by atoms with van der Waals surface area (Å²) < 4.78 is 47.5. The number of carbonyl (C=O) groups excluding carboxylic acids is 1. The van der Waals surface area contributed by atoms with Crippen molar-refractivity contribution in [3.8, 4) is 17.2 Å². The summed E-state index contributed by atoms with van der Waals surface area (Å²) in [5, 5.41) is 22.0. The van der Waals surface area contributed by atoms with Crippen LogP contribution in [0.25, 0.3) is 0 Å². The fourth-order valence-electron chi connectivity index (χ4n) is 2.13. The number of benzene rings is 2. The summed E-state index contributed by atoms with van der Waals surface area (Å²) in [6.45, 7) is -0.412. The van der Waals surface area contributed by atoms with Crippen molar-refractivity contribution in [3.05, 3.63) is 53.6 Å². The molecule has 0 fully saturated rings. The molecule has 1 amide bonds. The van der Waals surface area contributed by atoms with Gasteiger partial charge < -0.3 is 25.0 Å². The van der Waals surface area contributed by atoms with E-state index in [1.807, 2.05) is 0 Å². The molecule has 27 heavy (non-hydrogen) atoms. The lowest BCUT2D eigenvalue weighted by molar-refractivity contribution is -0.137. The number of aromatic hydroxyl groups is 1. The molecule has 6 nitrogen and oxygen atoms in total. The molecule has 0 radical (unpaired) electrons. The normalized spacial score (nSPS) is 12.3. The van der Waals surface area contributed by atoms with Gasteiger partial charge in [-0.05, 0) is 36.4 Å². The second-order valence-electron chi connectivity index (χ2n) is 5.58. The number of aliphatic hydroxyl groups is 1. The minimum atomic E-state index is -4.44. The highest BCUT2D eigenvalue weighted by Crippen LogP contribution is 2.30. The van der Waals surface area contributed by atoms with E-state index in [1.165, 1.54) is 25.3 Å². The van der Waals surface area contributed by atoms with Gasteiger partial charge in [0, 0.05) is 12.6 Å². The van der Waals surface area contributed by atoms with Gasteiger partial charge in [0.15, 0.2) is 0 Å². The maximum absolute atomic E-state index is 12.5. The van der Waals surface area contributed by atoms with Gasteiger partial charge in [0.1, 0.15) is 30.0 Å². The number of carbonyl (C=O) groups is 1. The molecule has 2 aromatic rings. The molecule has 2 aromatic carbocycles. The van der Waals surface area contributed by atoms with Gasteiger partial charge in [-0.15, -0.1) is 0 Å². The van der Waals surface area contributed by atoms with E-state index in [9.17, 15) is 28.2 Å². The fourth-order valence-corrected chi connectivity index (χ4v) is 2.13. The zero-order chi connectivity index (χ0) is 20.0. The van der Waals surface area contributed by atoms with Crippen LogP contribution in [0.1, 0.15) is 15.9 Å². The van der Waals surface area contributed by atoms with Crippen molar-refractivity contribution in [2.45, 2.75) is 12.3 Å². The Balaban J connectivity index is 1.82. The highest BCUT2D eigenvalue weighted by molar-refractivity contribution is 5.97. The first kappa shape index (κ1) is 20.4. The summed E-state index contributed by atoms with van der Waals surface area (Å²) in [6, 6.07) is 8.17. The van der Waals surface area contributed by atoms with Crippen LogP contribution in [0.5, 0.6) is 17.2 Å². The second kappa shape index (κ2) is 8.63. The van der Waals surface area contributed by atoms with Gasteiger partial charge in [0.2, 0.25) is 0 Å². The number of hydrogen-bond acceptors (Lipinski definition) is 5. The van der Waals surface area contributed by atoms with Crippen LogP contribution in [0, 0.1) is 0 Å². The number of aliphatic hydroxyl groups excluding tert-OH is 1. The van der Waals surface area contributed by atoms with Crippen LogP contribution in [-0.4, -0.2) is 42.5 Å². The number of hydrogen-bond donors (Lipinski definition) is 3. The SMILES string of the molecule is COc1ccc(C(=O)NCC(O)COc2ccc(C(F)(F)F)cc2)c(O)c1. The summed E-state index contributed by atoms with van der Waals surface area (Å²) >= 11 is 0. The summed E-state index contributed by atoms with van der Waals surface area (Å²) in [5.41, 5.74) is -0.798. The Morgan fingerprint density at radius 2 is 1.78 bits per heavy atom. The third-order valence-corrected chi connectivity index (χ3v) is 3.57. The molecule has 0 aliphatic rings. The molecule has 0 heterocycles. The Bertz CT molecular complexity index is 778. The smallest absolute Gasteiger partial charge is 0.416 e. The zero-order valence-electron chi connectivity index (χ0n) is 14.3. The monoisotopic (exact) mass is 385 g/mol. The summed E-state index contributed by atoms with van der Waals surface area (Å²) in [6.07, 6.45) is -5.54. The first-order valence-electron chi connectivity index (χ1n) is 7.84. The lowest BCUT2D eigenvalue weighted by atomic mass is 10.1. The molecular weight excluding hydrogens is 367 g/mol. The van der Waals surface area contributed by atoms with Crippen LogP contribution < -0.4 is 14.8 Å². The topological polar surface area (TPSA) is 88.0 Å². The molecule has 0 spiro atoms. The van der Waals surface area contributed by atoms with E-state index in [0.29, 0.717) is 5.75 Å². The van der Waals surface area contributed by atoms with Gasteiger partial charge in [0.05, 0.1) is 18.2 Å². The first-order chi connectivity index (χ1) is 12.7. The molecule has 1 unspecified atom stereocenters. The van der Waals surface area contributed by atoms with Crippen molar-refractivity contribution in [1.29, 1.82) is 0 Å². The number of phenols is 1. The van der Waals surface area contributed by atoms with Crippen molar-refractivity contribution in [3.63, 3.8) is 0 Å². The maximum atomic E-state index is 12.5. The molecule has 0 aliphatic heterocycles. The van der Waals surface area contributed by atoms with Gasteiger partial charge in [-0.3, -0.25) is 4.79 Å². The van der Waals surface area contributed by atoms with Gasteiger partial charge >= 0.3 is 6.18 Å². The van der Waals surface area contributed by atoms with Crippen molar-refractivity contribution in [2.24, 2.45) is 0 Å². The molecular formula is C18H18F3NO5. The average Bonchev–Trinajstić information content (AvgIpc) is 2.63. The Labute approximate surface area is 153 Å². The summed E-state index contributed by atoms with van der Waals surface area (Å²) in [4.78, 5) is 12.0. The predicted molar refractivity (Wildman–Crippen MR) is 89.9 cm³/mol. The van der Waals surface area contributed by atoms with Gasteiger partial charge in [-0.1, -0.05) is 0 Å². The maximum Gasteiger partial charge on any atom is 0.416 e. The number of halogens is 3. The van der Waals surface area contributed by atoms with E-state index in [4.69, 9.17) is 9.47 Å². The van der Waals surface area contributed by atoms with Gasteiger partial charge in [-0.2, -0.15) is 13.2 Å². The Hall–Kier alpha value is -2.94. The highest BCUT2D eigenvalue weighted by atomic mass is 19.4. The largest absolute Gasteiger partial charge is 0.507 e. The summed E-state index contributed by atoms with van der Waals surface area (Å²) in [7, 11) is 1.42. The third kappa shape index (κ3) is 5.78. The first-order valence-corrected chi connectivity index (χ1v) is 7.84. The minimum absolute atomic E-state index is 0.00616. The highest BCUT2D eigenvalue weighted by Gasteiger charge is 2.30. The molecule has 0 aliphatic carbocycles. The van der Waals surface area contributed by atoms with Crippen LogP contribution in [0.2, 0.25) is 0 Å². The molecule has 3 N–H and O–H groups in total. The van der Waals surface area contributed by atoms with E-state index < -0.39 is 23.8 Å². The zero-order valence-corrected chi connectivity index (χ0v) is 14.3. The average molecular weight is 385 g/mol. The van der Waals surface area contributed by atoms with E-state index in [2.05, 4.69) is 5.32 Å². The van der Waals surface area contributed by atoms with Crippen LogP contribution in [0.4, 0.5) is 13.2 Å². The second-order valence-corrected chi connectivity index (χ2v) is 5.58. The predicted octanol–water partition coefficient (Wildman–Crippen LogP) is 2.59. The van der Waals surface area contributed by atoms with Crippen molar-refractivity contribution in [2.75, 3.05) is 20.3 Å². The van der Waals surface area contributed by atoms with Crippen LogP contribution >= 0.6 is 0 Å². The van der Waals surface area contributed by atoms with Crippen LogP contribution in [-0.2, 0) is 6.18 Å². The molecule has 9 heteroatoms. The Morgan fingerprint density at radius 1 is 1.15 bits per heavy atom. The van der Waals surface area contributed by atoms with Crippen LogP contribution in [0.3, 0.4) is 0 Å². The van der Waals surface area contributed by atoms with E-state index in [-0.39, 0.29) is 30.2 Å². The van der Waals surface area contributed by atoms with E-state index in [1.54, 1.807) is 0 Å². The number of phenolic OH excluding ortho intramolecular Hbond substituents is 1. The lowest BCUT2D eigenvalue weighted by Gasteiger charge is -2.14. The van der Waals surface area contributed by atoms with Gasteiger partial charge in [0.25, 0.3) is 5.91 Å². The number of rotatable bonds is 7. The lowest BCUT2D eigenvalue weighted by Crippen LogP contribution is -2.35. The Morgan fingerprint density at radius 3 is 2.33 bits per heavy atom. The van der Waals surface area contributed by atoms with Crippen LogP contribution in [0.15, 0.2) is 42.5 Å². The van der Waals surface area contributed by atoms with Crippen molar-refractivity contribution >= 4 is 5.91 Å². The molecule has 2 rings (SSSR count). The molecule has 0 aromatic heterocycles. The Kier molecular flexibility index (Phi) is 6.51. The number of ether oxygens (including phenoxy) is 2. The quantitative estimate of drug-likeness (QED) is 0.682. The number of nitrogens with one attached hydrogen (secondary N) is 1. The minimum Gasteiger partial charge on any atom is -0.507 e. The summed E-state index contributed by atoms with van der Waals surface area (Å²) in [5.74, 6) is -0.346. The third-order valence-electron chi connectivity index (χ3n) is 3.57. The standard InChI is InChI=1S/C18H18F3NO5/c1-26-14-6-7-15(16(24)8-14)17(25)22-9-12(23)10-27-13-4-2-11(3-5-13)18(19,20)21/h2-8,12,23-24H,9-10H2,1H3,(H,22,25). The van der Waals surface area contributed by atoms with Gasteiger partial charge in [-0.25, -0.2) is 0 Å². The molecule has 0 saturated heterocycles. The molecule has 146 valence electrons.